The number of fused-ring (bicyclic) bond motifs is 3. The number of nitrogens with one attached hydrogen (secondary N) is 1. The van der Waals surface area contributed by atoms with Crippen molar-refractivity contribution >= 4 is 21.8 Å². The van der Waals surface area contributed by atoms with Crippen molar-refractivity contribution < 1.29 is 9.52 Å². The Morgan fingerprint density at radius 2 is 1.63 bits per heavy atom. The number of aliphatic hydroxyl groups excluding tert-OH is 1. The molecule has 3 heteroatoms. The van der Waals surface area contributed by atoms with E-state index in [2.05, 4.69) is 65.6 Å². The number of hydrogen-bond donors (Lipinski definition) is 2. The van der Waals surface area contributed by atoms with Gasteiger partial charge in [0.15, 0.2) is 0 Å². The van der Waals surface area contributed by atoms with Crippen LogP contribution in [0.2, 0.25) is 0 Å². The lowest BCUT2D eigenvalue weighted by Gasteiger charge is -2.07. The van der Waals surface area contributed by atoms with Crippen LogP contribution in [-0.4, -0.2) is 10.1 Å². The highest BCUT2D eigenvalue weighted by Crippen LogP contribution is 2.34. The lowest BCUT2D eigenvalue weighted by Crippen LogP contribution is -1.91. The summed E-state index contributed by atoms with van der Waals surface area (Å²) in [5, 5.41) is 11.7. The molecule has 0 aliphatic heterocycles. The fraction of sp³-hybridized carbons (Fsp3) is 0.0833. The maximum Gasteiger partial charge on any atom is 0.134 e. The molecule has 0 spiro atoms. The Morgan fingerprint density at radius 3 is 2.44 bits per heavy atom. The molecule has 0 amide bonds. The first-order valence-corrected chi connectivity index (χ1v) is 9.09. The second kappa shape index (κ2) is 6.45. The van der Waals surface area contributed by atoms with E-state index < -0.39 is 0 Å². The molecule has 2 N–H and O–H groups in total. The molecule has 0 aliphatic carbocycles. The maximum absolute atomic E-state index is 9.33. The van der Waals surface area contributed by atoms with Crippen LogP contribution in [-0.2, 0) is 13.0 Å². The summed E-state index contributed by atoms with van der Waals surface area (Å²) < 4.78 is 5.80. The Morgan fingerprint density at radius 1 is 0.815 bits per heavy atom. The highest BCUT2D eigenvalue weighted by molar-refractivity contribution is 6.09. The highest BCUT2D eigenvalue weighted by atomic mass is 16.4. The van der Waals surface area contributed by atoms with Crippen LogP contribution in [0.5, 0.6) is 0 Å². The van der Waals surface area contributed by atoms with Gasteiger partial charge in [0.2, 0.25) is 0 Å². The van der Waals surface area contributed by atoms with E-state index in [1.807, 2.05) is 18.2 Å². The summed E-state index contributed by atoms with van der Waals surface area (Å²) in [5.41, 5.74) is 5.82. The maximum atomic E-state index is 9.33. The number of para-hydroxylation sites is 1. The molecule has 3 nitrogen and oxygen atoms in total. The number of rotatable bonds is 4. The molecule has 0 unspecified atom stereocenters. The normalized spacial score (nSPS) is 11.4. The molecule has 0 fully saturated rings. The second-order valence-electron chi connectivity index (χ2n) is 6.81. The number of furan rings is 1. The average molecular weight is 353 g/mol. The van der Waals surface area contributed by atoms with Crippen molar-refractivity contribution in [3.05, 3.63) is 95.7 Å². The minimum atomic E-state index is -0.0911. The van der Waals surface area contributed by atoms with Gasteiger partial charge in [0.1, 0.15) is 18.1 Å². The number of aromatic nitrogens is 1. The van der Waals surface area contributed by atoms with E-state index in [0.29, 0.717) is 5.76 Å². The summed E-state index contributed by atoms with van der Waals surface area (Å²) in [6.45, 7) is -0.0911. The van der Waals surface area contributed by atoms with Gasteiger partial charge in [0.25, 0.3) is 0 Å². The van der Waals surface area contributed by atoms with Crippen molar-refractivity contribution in [2.45, 2.75) is 13.0 Å². The van der Waals surface area contributed by atoms with E-state index in [1.165, 1.54) is 21.9 Å². The van der Waals surface area contributed by atoms with Gasteiger partial charge in [-0.2, -0.15) is 0 Å². The first-order chi connectivity index (χ1) is 13.3. The summed E-state index contributed by atoms with van der Waals surface area (Å²) in [7, 11) is 0. The average Bonchev–Trinajstić information content (AvgIpc) is 3.33. The summed E-state index contributed by atoms with van der Waals surface area (Å²) in [6, 6.07) is 27.0. The van der Waals surface area contributed by atoms with Crippen molar-refractivity contribution in [2.75, 3.05) is 0 Å². The molecule has 27 heavy (non-hydrogen) atoms. The molecule has 2 heterocycles. The molecule has 0 saturated carbocycles. The van der Waals surface area contributed by atoms with Crippen LogP contribution in [0.1, 0.15) is 16.9 Å². The largest absolute Gasteiger partial charge is 0.459 e. The van der Waals surface area contributed by atoms with Crippen molar-refractivity contribution in [3.8, 4) is 11.3 Å². The summed E-state index contributed by atoms with van der Waals surface area (Å²) in [5.74, 6) is 1.36. The van der Waals surface area contributed by atoms with Crippen LogP contribution in [0, 0.1) is 0 Å². The molecule has 5 aromatic rings. The molecular formula is C24H19NO2. The third-order valence-corrected chi connectivity index (χ3v) is 5.04. The lowest BCUT2D eigenvalue weighted by molar-refractivity contribution is 0.248. The molecule has 0 aliphatic rings. The monoisotopic (exact) mass is 353 g/mol. The van der Waals surface area contributed by atoms with Crippen LogP contribution in [0.25, 0.3) is 33.1 Å². The molecule has 0 radical (unpaired) electrons. The smallest absolute Gasteiger partial charge is 0.134 e. The molecule has 0 saturated heterocycles. The minimum absolute atomic E-state index is 0.0911. The lowest BCUT2D eigenvalue weighted by atomic mass is 9.98. The van der Waals surface area contributed by atoms with Gasteiger partial charge >= 0.3 is 0 Å². The van der Waals surface area contributed by atoms with Gasteiger partial charge in [-0.05, 0) is 47.9 Å². The standard InChI is InChI=1S/C24H19NO2/c26-15-19-10-11-23(27-19)17-13-18(12-16-6-2-1-3-7-16)24-21(14-17)20-8-4-5-9-22(20)25-24/h1-11,13-14,25-26H,12,15H2. The van der Waals surface area contributed by atoms with Gasteiger partial charge in [-0.15, -0.1) is 0 Å². The third-order valence-electron chi connectivity index (χ3n) is 5.04. The number of H-pyrrole nitrogens is 1. The quantitative estimate of drug-likeness (QED) is 0.438. The molecule has 0 bridgehead atoms. The van der Waals surface area contributed by atoms with Gasteiger partial charge in [-0.3, -0.25) is 0 Å². The number of benzene rings is 3. The topological polar surface area (TPSA) is 49.2 Å². The van der Waals surface area contributed by atoms with Gasteiger partial charge in [-0.25, -0.2) is 0 Å². The Kier molecular flexibility index (Phi) is 3.80. The van der Waals surface area contributed by atoms with Crippen LogP contribution in [0.4, 0.5) is 0 Å². The summed E-state index contributed by atoms with van der Waals surface area (Å²) in [6.07, 6.45) is 0.839. The molecule has 2 aromatic heterocycles. The van der Waals surface area contributed by atoms with Crippen LogP contribution < -0.4 is 0 Å². The second-order valence-corrected chi connectivity index (χ2v) is 6.81. The number of hydrogen-bond acceptors (Lipinski definition) is 2. The van der Waals surface area contributed by atoms with Crippen LogP contribution >= 0.6 is 0 Å². The zero-order chi connectivity index (χ0) is 18.2. The zero-order valence-corrected chi connectivity index (χ0v) is 14.8. The SMILES string of the molecule is OCc1ccc(-c2cc(Cc3ccccc3)c3[nH]c4ccccc4c3c2)o1. The van der Waals surface area contributed by atoms with Gasteiger partial charge in [0.05, 0.1) is 5.52 Å². The highest BCUT2D eigenvalue weighted by Gasteiger charge is 2.13. The minimum Gasteiger partial charge on any atom is -0.459 e. The van der Waals surface area contributed by atoms with E-state index in [9.17, 15) is 5.11 Å². The van der Waals surface area contributed by atoms with Gasteiger partial charge in [0, 0.05) is 21.9 Å². The molecule has 0 atom stereocenters. The van der Waals surface area contributed by atoms with Crippen molar-refractivity contribution in [1.29, 1.82) is 0 Å². The van der Waals surface area contributed by atoms with Crippen molar-refractivity contribution in [2.24, 2.45) is 0 Å². The van der Waals surface area contributed by atoms with Gasteiger partial charge < -0.3 is 14.5 Å². The summed E-state index contributed by atoms with van der Waals surface area (Å²) in [4.78, 5) is 3.59. The first kappa shape index (κ1) is 15.9. The fourth-order valence-electron chi connectivity index (χ4n) is 3.74. The van der Waals surface area contributed by atoms with Crippen molar-refractivity contribution in [1.82, 2.24) is 4.98 Å². The predicted octanol–water partition coefficient (Wildman–Crippen LogP) is 5.66. The van der Waals surface area contributed by atoms with E-state index >= 15 is 0 Å². The zero-order valence-electron chi connectivity index (χ0n) is 14.8. The Labute approximate surface area is 156 Å². The Balaban J connectivity index is 1.75. The third kappa shape index (κ3) is 2.82. The van der Waals surface area contributed by atoms with Gasteiger partial charge in [-0.1, -0.05) is 48.5 Å². The Bertz CT molecular complexity index is 1230. The van der Waals surface area contributed by atoms with Crippen LogP contribution in [0.15, 0.2) is 83.3 Å². The molecule has 3 aromatic carbocycles. The number of aromatic amines is 1. The molecule has 132 valence electrons. The van der Waals surface area contributed by atoms with E-state index in [1.54, 1.807) is 0 Å². The van der Waals surface area contributed by atoms with Crippen molar-refractivity contribution in [3.63, 3.8) is 0 Å². The van der Waals surface area contributed by atoms with Crippen LogP contribution in [0.3, 0.4) is 0 Å². The van der Waals surface area contributed by atoms with E-state index in [4.69, 9.17) is 4.42 Å². The van der Waals surface area contributed by atoms with E-state index in [0.717, 1.165) is 28.8 Å². The first-order valence-electron chi connectivity index (χ1n) is 9.09. The predicted molar refractivity (Wildman–Crippen MR) is 109 cm³/mol. The number of aliphatic hydroxyl groups is 1. The molecular weight excluding hydrogens is 334 g/mol. The fourth-order valence-corrected chi connectivity index (χ4v) is 3.74. The molecule has 5 rings (SSSR count). The summed E-state index contributed by atoms with van der Waals surface area (Å²) >= 11 is 0. The Hall–Kier alpha value is -3.30. The van der Waals surface area contributed by atoms with E-state index in [-0.39, 0.29) is 6.61 Å².